The molecule has 1 saturated heterocycles. The van der Waals surface area contributed by atoms with Crippen molar-refractivity contribution in [3.8, 4) is 0 Å². The van der Waals surface area contributed by atoms with Crippen molar-refractivity contribution in [3.05, 3.63) is 0 Å². The highest BCUT2D eigenvalue weighted by Crippen LogP contribution is 2.37. The molecule has 4 nitrogen and oxygen atoms in total. The average Bonchev–Trinajstić information content (AvgIpc) is 3.13. The van der Waals surface area contributed by atoms with Crippen molar-refractivity contribution in [2.24, 2.45) is 11.8 Å². The second-order valence-electron chi connectivity index (χ2n) is 7.55. The van der Waals surface area contributed by atoms with Crippen LogP contribution in [-0.4, -0.2) is 34.8 Å². The number of nitrogens with one attached hydrogen (secondary N) is 1. The number of hydrogen-bond donors (Lipinski definition) is 1. The summed E-state index contributed by atoms with van der Waals surface area (Å²) >= 11 is 0. The zero-order chi connectivity index (χ0) is 15.0. The second-order valence-corrected chi connectivity index (χ2v) is 7.55. The van der Waals surface area contributed by atoms with Gasteiger partial charge in [-0.3, -0.25) is 9.59 Å². The van der Waals surface area contributed by atoms with E-state index in [1.165, 1.54) is 19.3 Å². The van der Waals surface area contributed by atoms with Gasteiger partial charge >= 0.3 is 0 Å². The second kappa shape index (κ2) is 5.62. The number of carbonyl (C=O) groups is 2. The Hall–Kier alpha value is -1.06. The molecule has 2 amide bonds. The fourth-order valence-electron chi connectivity index (χ4n) is 4.08. The van der Waals surface area contributed by atoms with Gasteiger partial charge in [0.2, 0.25) is 11.8 Å². The zero-order valence-corrected chi connectivity index (χ0v) is 13.4. The van der Waals surface area contributed by atoms with Gasteiger partial charge in [0.05, 0.1) is 0 Å². The van der Waals surface area contributed by atoms with Crippen molar-refractivity contribution >= 4 is 11.8 Å². The van der Waals surface area contributed by atoms with Gasteiger partial charge in [-0.2, -0.15) is 0 Å². The third-order valence-electron chi connectivity index (χ3n) is 5.43. The molecule has 4 heteroatoms. The van der Waals surface area contributed by atoms with Gasteiger partial charge in [-0.1, -0.05) is 39.5 Å². The van der Waals surface area contributed by atoms with Gasteiger partial charge < -0.3 is 10.2 Å². The lowest BCUT2D eigenvalue weighted by molar-refractivity contribution is -0.156. The molecule has 1 spiro atoms. The summed E-state index contributed by atoms with van der Waals surface area (Å²) in [4.78, 5) is 27.5. The molecule has 2 aliphatic carbocycles. The molecule has 0 aromatic carbocycles. The Labute approximate surface area is 127 Å². The Bertz CT molecular complexity index is 423. The number of amides is 2. The minimum absolute atomic E-state index is 0.0675. The minimum atomic E-state index is -0.567. The van der Waals surface area contributed by atoms with Gasteiger partial charge in [0, 0.05) is 6.54 Å². The molecule has 3 fully saturated rings. The van der Waals surface area contributed by atoms with E-state index in [4.69, 9.17) is 0 Å². The van der Waals surface area contributed by atoms with E-state index in [9.17, 15) is 9.59 Å². The Balaban J connectivity index is 1.74. The third kappa shape index (κ3) is 2.82. The molecule has 21 heavy (non-hydrogen) atoms. The molecule has 1 N–H and O–H groups in total. The van der Waals surface area contributed by atoms with Crippen molar-refractivity contribution in [1.29, 1.82) is 0 Å². The molecule has 0 aromatic rings. The zero-order valence-electron chi connectivity index (χ0n) is 13.4. The summed E-state index contributed by atoms with van der Waals surface area (Å²) in [6.07, 6.45) is 8.70. The maximum absolute atomic E-state index is 13.0. The minimum Gasteiger partial charge on any atom is -0.340 e. The number of carbonyl (C=O) groups excluding carboxylic acids is 2. The van der Waals surface area contributed by atoms with E-state index in [-0.39, 0.29) is 23.8 Å². The van der Waals surface area contributed by atoms with Crippen LogP contribution in [0.15, 0.2) is 0 Å². The number of hydrogen-bond acceptors (Lipinski definition) is 2. The van der Waals surface area contributed by atoms with Crippen LogP contribution in [0.5, 0.6) is 0 Å². The molecule has 2 saturated carbocycles. The van der Waals surface area contributed by atoms with E-state index >= 15 is 0 Å². The molecule has 1 unspecified atom stereocenters. The molecule has 1 heterocycles. The van der Waals surface area contributed by atoms with Gasteiger partial charge in [-0.05, 0) is 37.5 Å². The van der Waals surface area contributed by atoms with Crippen LogP contribution in [0.2, 0.25) is 0 Å². The quantitative estimate of drug-likeness (QED) is 0.846. The van der Waals surface area contributed by atoms with E-state index in [1.807, 2.05) is 18.7 Å². The first kappa shape index (κ1) is 14.9. The number of nitrogens with zero attached hydrogens (tertiary/aromatic N) is 1. The molecule has 0 bridgehead atoms. The predicted octanol–water partition coefficient (Wildman–Crippen LogP) is 2.47. The third-order valence-corrected chi connectivity index (χ3v) is 5.43. The number of rotatable bonds is 5. The van der Waals surface area contributed by atoms with E-state index in [0.29, 0.717) is 0 Å². The topological polar surface area (TPSA) is 49.4 Å². The largest absolute Gasteiger partial charge is 0.340 e. The molecular weight excluding hydrogens is 264 g/mol. The van der Waals surface area contributed by atoms with E-state index in [0.717, 1.165) is 44.6 Å². The SMILES string of the molecule is CC(C)C1C(=O)NC2(CCCC2)C(=O)N1CCCC1CC1. The highest BCUT2D eigenvalue weighted by atomic mass is 16.2. The summed E-state index contributed by atoms with van der Waals surface area (Å²) in [5.74, 6) is 1.32. The molecule has 118 valence electrons. The first-order chi connectivity index (χ1) is 10.0. The van der Waals surface area contributed by atoms with Crippen molar-refractivity contribution in [2.45, 2.75) is 76.8 Å². The van der Waals surface area contributed by atoms with Crippen LogP contribution in [0.25, 0.3) is 0 Å². The van der Waals surface area contributed by atoms with Crippen molar-refractivity contribution in [2.75, 3.05) is 6.54 Å². The predicted molar refractivity (Wildman–Crippen MR) is 81.6 cm³/mol. The fraction of sp³-hybridized carbons (Fsp3) is 0.882. The molecule has 3 rings (SSSR count). The summed E-state index contributed by atoms with van der Waals surface area (Å²) in [6.45, 7) is 4.84. The van der Waals surface area contributed by atoms with Crippen molar-refractivity contribution in [1.82, 2.24) is 10.2 Å². The fourth-order valence-corrected chi connectivity index (χ4v) is 4.08. The Kier molecular flexibility index (Phi) is 3.98. The molecule has 1 atom stereocenters. The molecule has 0 aromatic heterocycles. The maximum atomic E-state index is 13.0. The summed E-state index contributed by atoms with van der Waals surface area (Å²) < 4.78 is 0. The first-order valence-corrected chi connectivity index (χ1v) is 8.66. The standard InChI is InChI=1S/C17H28N2O2/c1-12(2)14-15(20)18-17(9-3-4-10-17)16(21)19(14)11-5-6-13-7-8-13/h12-14H,3-11H2,1-2H3,(H,18,20). The Morgan fingerprint density at radius 3 is 2.48 bits per heavy atom. The Morgan fingerprint density at radius 2 is 1.90 bits per heavy atom. The van der Waals surface area contributed by atoms with Crippen LogP contribution in [0.1, 0.15) is 65.2 Å². The highest BCUT2D eigenvalue weighted by Gasteiger charge is 2.52. The van der Waals surface area contributed by atoms with Crippen LogP contribution in [0.4, 0.5) is 0 Å². The maximum Gasteiger partial charge on any atom is 0.249 e. The average molecular weight is 292 g/mol. The van der Waals surface area contributed by atoms with Crippen molar-refractivity contribution in [3.63, 3.8) is 0 Å². The van der Waals surface area contributed by atoms with Crippen LogP contribution < -0.4 is 5.32 Å². The van der Waals surface area contributed by atoms with Crippen LogP contribution in [0.3, 0.4) is 0 Å². The molecule has 0 radical (unpaired) electrons. The van der Waals surface area contributed by atoms with Crippen molar-refractivity contribution < 1.29 is 9.59 Å². The summed E-state index contributed by atoms with van der Waals surface area (Å²) in [6, 6.07) is -0.275. The van der Waals surface area contributed by atoms with Gasteiger partial charge in [-0.15, -0.1) is 0 Å². The lowest BCUT2D eigenvalue weighted by atomic mass is 9.87. The van der Waals surface area contributed by atoms with Crippen LogP contribution >= 0.6 is 0 Å². The van der Waals surface area contributed by atoms with E-state index in [1.54, 1.807) is 0 Å². The molecule has 1 aliphatic heterocycles. The Morgan fingerprint density at radius 1 is 1.24 bits per heavy atom. The summed E-state index contributed by atoms with van der Waals surface area (Å²) in [7, 11) is 0. The molecule has 3 aliphatic rings. The van der Waals surface area contributed by atoms with Gasteiger partial charge in [0.1, 0.15) is 11.6 Å². The van der Waals surface area contributed by atoms with E-state index < -0.39 is 5.54 Å². The van der Waals surface area contributed by atoms with Gasteiger partial charge in [0.25, 0.3) is 0 Å². The van der Waals surface area contributed by atoms with Crippen LogP contribution in [-0.2, 0) is 9.59 Å². The lowest BCUT2D eigenvalue weighted by Gasteiger charge is -2.46. The monoisotopic (exact) mass is 292 g/mol. The van der Waals surface area contributed by atoms with Gasteiger partial charge in [0.15, 0.2) is 0 Å². The first-order valence-electron chi connectivity index (χ1n) is 8.66. The van der Waals surface area contributed by atoms with E-state index in [2.05, 4.69) is 5.32 Å². The highest BCUT2D eigenvalue weighted by molar-refractivity contribution is 6.00. The van der Waals surface area contributed by atoms with Crippen LogP contribution in [0, 0.1) is 11.8 Å². The smallest absolute Gasteiger partial charge is 0.249 e. The normalized spacial score (nSPS) is 28.5. The summed E-state index contributed by atoms with van der Waals surface area (Å²) in [5, 5.41) is 3.08. The lowest BCUT2D eigenvalue weighted by Crippen LogP contribution is -2.70. The summed E-state index contributed by atoms with van der Waals surface area (Å²) in [5.41, 5.74) is -0.567. The number of piperazine rings is 1. The molecular formula is C17H28N2O2. The van der Waals surface area contributed by atoms with Gasteiger partial charge in [-0.25, -0.2) is 0 Å².